The van der Waals surface area contributed by atoms with E-state index in [1.807, 2.05) is 6.92 Å². The molecule has 1 N–H and O–H groups in total. The Bertz CT molecular complexity index is 1160. The molecule has 1 aliphatic heterocycles. The molecule has 2 aromatic rings. The van der Waals surface area contributed by atoms with Gasteiger partial charge in [0.25, 0.3) is 0 Å². The summed E-state index contributed by atoms with van der Waals surface area (Å²) in [5.74, 6) is -1.28. The van der Waals surface area contributed by atoms with Crippen LogP contribution in [0.1, 0.15) is 37.8 Å². The second-order valence-electron chi connectivity index (χ2n) is 7.97. The maximum Gasteiger partial charge on any atom is 0.243 e. The van der Waals surface area contributed by atoms with Crippen LogP contribution < -0.4 is 5.32 Å². The Morgan fingerprint density at radius 2 is 1.66 bits per heavy atom. The molecule has 174 valence electrons. The van der Waals surface area contributed by atoms with Gasteiger partial charge in [-0.25, -0.2) is 21.2 Å². The van der Waals surface area contributed by atoms with Gasteiger partial charge >= 0.3 is 0 Å². The van der Waals surface area contributed by atoms with Gasteiger partial charge in [0.15, 0.2) is 9.84 Å². The zero-order valence-electron chi connectivity index (χ0n) is 18.0. The SMILES string of the molecule is CC[C@H](NC(=O)[C@H]1CCCN(S(=O)(=O)c2ccc(F)cc2)C1)c1ccc(S(C)(=O)=O)cc1. The zero-order valence-corrected chi connectivity index (χ0v) is 19.6. The monoisotopic (exact) mass is 482 g/mol. The molecule has 0 aromatic heterocycles. The molecule has 0 radical (unpaired) electrons. The predicted octanol–water partition coefficient (Wildman–Crippen LogP) is 2.90. The van der Waals surface area contributed by atoms with Crippen LogP contribution in [-0.2, 0) is 24.7 Å². The molecule has 1 amide bonds. The Kier molecular flexibility index (Phi) is 7.36. The number of sulfonamides is 1. The Balaban J connectivity index is 1.70. The van der Waals surface area contributed by atoms with E-state index in [4.69, 9.17) is 0 Å². The molecule has 0 bridgehead atoms. The highest BCUT2D eigenvalue weighted by molar-refractivity contribution is 7.90. The van der Waals surface area contributed by atoms with Crippen LogP contribution >= 0.6 is 0 Å². The number of rotatable bonds is 7. The maximum absolute atomic E-state index is 13.2. The first-order valence-electron chi connectivity index (χ1n) is 10.4. The van der Waals surface area contributed by atoms with Gasteiger partial charge in [0.05, 0.1) is 21.8 Å². The summed E-state index contributed by atoms with van der Waals surface area (Å²) >= 11 is 0. The molecule has 2 atom stereocenters. The number of carbonyl (C=O) groups is 1. The molecule has 1 aliphatic rings. The van der Waals surface area contributed by atoms with Crippen molar-refractivity contribution >= 4 is 25.8 Å². The fourth-order valence-electron chi connectivity index (χ4n) is 3.79. The first kappa shape index (κ1) is 24.3. The Morgan fingerprint density at radius 1 is 1.06 bits per heavy atom. The second-order valence-corrected chi connectivity index (χ2v) is 11.9. The van der Waals surface area contributed by atoms with E-state index in [1.54, 1.807) is 12.1 Å². The molecular weight excluding hydrogens is 455 g/mol. The van der Waals surface area contributed by atoms with E-state index in [0.29, 0.717) is 25.8 Å². The van der Waals surface area contributed by atoms with Crippen LogP contribution in [0.3, 0.4) is 0 Å². The lowest BCUT2D eigenvalue weighted by molar-refractivity contribution is -0.126. The number of amides is 1. The summed E-state index contributed by atoms with van der Waals surface area (Å²) in [5.41, 5.74) is 0.778. The summed E-state index contributed by atoms with van der Waals surface area (Å²) in [6.07, 6.45) is 2.83. The minimum atomic E-state index is -3.82. The first-order valence-corrected chi connectivity index (χ1v) is 13.7. The van der Waals surface area contributed by atoms with Crippen LogP contribution in [0.2, 0.25) is 0 Å². The van der Waals surface area contributed by atoms with Crippen molar-refractivity contribution in [3.05, 3.63) is 59.9 Å². The number of hydrogen-bond donors (Lipinski definition) is 1. The molecule has 3 rings (SSSR count). The van der Waals surface area contributed by atoms with Gasteiger partial charge < -0.3 is 5.32 Å². The van der Waals surface area contributed by atoms with E-state index in [0.717, 1.165) is 24.0 Å². The van der Waals surface area contributed by atoms with Crippen molar-refractivity contribution in [3.63, 3.8) is 0 Å². The van der Waals surface area contributed by atoms with Crippen LogP contribution in [0.4, 0.5) is 4.39 Å². The highest BCUT2D eigenvalue weighted by atomic mass is 32.2. The number of halogens is 1. The third-order valence-electron chi connectivity index (χ3n) is 5.64. The number of hydrogen-bond acceptors (Lipinski definition) is 5. The lowest BCUT2D eigenvalue weighted by Crippen LogP contribution is -2.46. The Morgan fingerprint density at radius 3 is 2.22 bits per heavy atom. The van der Waals surface area contributed by atoms with Crippen molar-refractivity contribution in [3.8, 4) is 0 Å². The number of nitrogens with one attached hydrogen (secondary N) is 1. The number of piperidine rings is 1. The molecule has 0 aliphatic carbocycles. The summed E-state index contributed by atoms with van der Waals surface area (Å²) in [6.45, 7) is 2.25. The van der Waals surface area contributed by atoms with Crippen molar-refractivity contribution in [2.45, 2.75) is 42.0 Å². The quantitative estimate of drug-likeness (QED) is 0.654. The van der Waals surface area contributed by atoms with E-state index in [-0.39, 0.29) is 28.3 Å². The Hall–Kier alpha value is -2.30. The number of benzene rings is 2. The standard InChI is InChI=1S/C22H27FN2O5S2/c1-3-21(16-6-10-19(11-7-16)31(2,27)28)24-22(26)17-5-4-14-25(15-17)32(29,30)20-12-8-18(23)9-13-20/h6-13,17,21H,3-5,14-15H2,1-2H3,(H,24,26)/t17-,21-/m0/s1. The van der Waals surface area contributed by atoms with E-state index < -0.39 is 31.6 Å². The zero-order chi connectivity index (χ0) is 23.5. The molecule has 1 heterocycles. The molecule has 2 aromatic carbocycles. The van der Waals surface area contributed by atoms with E-state index in [2.05, 4.69) is 5.32 Å². The molecule has 32 heavy (non-hydrogen) atoms. The molecule has 7 nitrogen and oxygen atoms in total. The summed E-state index contributed by atoms with van der Waals surface area (Å²) < 4.78 is 63.6. The smallest absolute Gasteiger partial charge is 0.243 e. The van der Waals surface area contributed by atoms with Crippen molar-refractivity contribution in [1.82, 2.24) is 9.62 Å². The molecule has 1 saturated heterocycles. The van der Waals surface area contributed by atoms with Crippen molar-refractivity contribution in [2.75, 3.05) is 19.3 Å². The van der Waals surface area contributed by atoms with Gasteiger partial charge in [-0.3, -0.25) is 4.79 Å². The van der Waals surface area contributed by atoms with Gasteiger partial charge in [-0.1, -0.05) is 19.1 Å². The normalized spacial score (nSPS) is 18.8. The van der Waals surface area contributed by atoms with Gasteiger partial charge in [0.2, 0.25) is 15.9 Å². The molecule has 0 saturated carbocycles. The third kappa shape index (κ3) is 5.54. The van der Waals surface area contributed by atoms with E-state index in [9.17, 15) is 26.0 Å². The molecule has 1 fully saturated rings. The summed E-state index contributed by atoms with van der Waals surface area (Å²) in [6, 6.07) is 10.7. The average molecular weight is 483 g/mol. The van der Waals surface area contributed by atoms with Gasteiger partial charge in [0.1, 0.15) is 5.82 Å². The van der Waals surface area contributed by atoms with Gasteiger partial charge in [-0.2, -0.15) is 4.31 Å². The van der Waals surface area contributed by atoms with E-state index >= 15 is 0 Å². The highest BCUT2D eigenvalue weighted by Crippen LogP contribution is 2.26. The van der Waals surface area contributed by atoms with Gasteiger partial charge in [0, 0.05) is 19.3 Å². The Labute approximate surface area is 188 Å². The van der Waals surface area contributed by atoms with Crippen molar-refractivity contribution in [2.24, 2.45) is 5.92 Å². The molecule has 0 spiro atoms. The summed E-state index contributed by atoms with van der Waals surface area (Å²) in [5, 5.41) is 2.97. The number of nitrogens with zero attached hydrogens (tertiary/aromatic N) is 1. The molecule has 10 heteroatoms. The van der Waals surface area contributed by atoms with Crippen LogP contribution in [0.15, 0.2) is 58.3 Å². The molecular formula is C22H27FN2O5S2. The average Bonchev–Trinajstić information content (AvgIpc) is 2.77. The topological polar surface area (TPSA) is 101 Å². The van der Waals surface area contributed by atoms with Crippen LogP contribution in [0.5, 0.6) is 0 Å². The number of carbonyl (C=O) groups excluding carboxylic acids is 1. The van der Waals surface area contributed by atoms with Gasteiger partial charge in [-0.15, -0.1) is 0 Å². The summed E-state index contributed by atoms with van der Waals surface area (Å²) in [7, 11) is -7.13. The fourth-order valence-corrected chi connectivity index (χ4v) is 5.94. The highest BCUT2D eigenvalue weighted by Gasteiger charge is 2.34. The molecule has 0 unspecified atom stereocenters. The summed E-state index contributed by atoms with van der Waals surface area (Å²) in [4.78, 5) is 13.1. The second kappa shape index (κ2) is 9.68. The largest absolute Gasteiger partial charge is 0.349 e. The van der Waals surface area contributed by atoms with Gasteiger partial charge in [-0.05, 0) is 61.2 Å². The van der Waals surface area contributed by atoms with Crippen LogP contribution in [0.25, 0.3) is 0 Å². The third-order valence-corrected chi connectivity index (χ3v) is 8.65. The fraction of sp³-hybridized carbons (Fsp3) is 0.409. The lowest BCUT2D eigenvalue weighted by atomic mass is 9.97. The van der Waals surface area contributed by atoms with Crippen LogP contribution in [0, 0.1) is 11.7 Å². The van der Waals surface area contributed by atoms with Crippen molar-refractivity contribution < 1.29 is 26.0 Å². The maximum atomic E-state index is 13.2. The van der Waals surface area contributed by atoms with E-state index in [1.165, 1.54) is 28.6 Å². The minimum Gasteiger partial charge on any atom is -0.349 e. The lowest BCUT2D eigenvalue weighted by Gasteiger charge is -2.32. The number of sulfone groups is 1. The van der Waals surface area contributed by atoms with Crippen LogP contribution in [-0.4, -0.2) is 46.4 Å². The first-order chi connectivity index (χ1) is 15.0. The minimum absolute atomic E-state index is 0.00245. The predicted molar refractivity (Wildman–Crippen MR) is 119 cm³/mol. The van der Waals surface area contributed by atoms with Crippen molar-refractivity contribution in [1.29, 1.82) is 0 Å².